The summed E-state index contributed by atoms with van der Waals surface area (Å²) in [6.45, 7) is 3.26. The number of carbonyl (C=O) groups excluding carboxylic acids is 1. The van der Waals surface area contributed by atoms with Crippen LogP contribution in [0.3, 0.4) is 0 Å². The van der Waals surface area contributed by atoms with Crippen LogP contribution in [0, 0.1) is 6.92 Å². The molecular formula is C9H10N4O. The van der Waals surface area contributed by atoms with Gasteiger partial charge in [0, 0.05) is 23.2 Å². The first-order valence-electron chi connectivity index (χ1n) is 4.07. The summed E-state index contributed by atoms with van der Waals surface area (Å²) < 4.78 is 0. The molecular weight excluding hydrogens is 180 g/mol. The number of azide groups is 1. The maximum Gasteiger partial charge on any atom is 0.221 e. The van der Waals surface area contributed by atoms with E-state index in [1.165, 1.54) is 6.92 Å². The van der Waals surface area contributed by atoms with Crippen LogP contribution in [-0.4, -0.2) is 5.91 Å². The predicted octanol–water partition coefficient (Wildman–Crippen LogP) is 2.90. The Bertz CT molecular complexity index is 407. The Kier molecular flexibility index (Phi) is 3.09. The second kappa shape index (κ2) is 4.30. The Morgan fingerprint density at radius 2 is 2.29 bits per heavy atom. The number of anilines is 1. The molecule has 0 fully saturated rings. The summed E-state index contributed by atoms with van der Waals surface area (Å²) in [6.07, 6.45) is 0. The van der Waals surface area contributed by atoms with Gasteiger partial charge in [-0.05, 0) is 30.2 Å². The Hall–Kier alpha value is -2.00. The molecule has 5 heteroatoms. The van der Waals surface area contributed by atoms with E-state index >= 15 is 0 Å². The zero-order chi connectivity index (χ0) is 10.6. The Balaban J connectivity index is 2.99. The lowest BCUT2D eigenvalue weighted by Gasteiger charge is -2.04. The van der Waals surface area contributed by atoms with Crippen LogP contribution in [0.5, 0.6) is 0 Å². The third-order valence-corrected chi connectivity index (χ3v) is 1.67. The van der Waals surface area contributed by atoms with Crippen LogP contribution in [0.1, 0.15) is 12.5 Å². The molecule has 0 aliphatic carbocycles. The van der Waals surface area contributed by atoms with Gasteiger partial charge < -0.3 is 5.32 Å². The highest BCUT2D eigenvalue weighted by atomic mass is 16.1. The zero-order valence-electron chi connectivity index (χ0n) is 7.98. The van der Waals surface area contributed by atoms with Crippen molar-refractivity contribution in [3.63, 3.8) is 0 Å². The SMILES string of the molecule is CC(=O)Nc1ccc(N=[N+]=[N-])c(C)c1. The second-order valence-corrected chi connectivity index (χ2v) is 2.87. The van der Waals surface area contributed by atoms with Crippen molar-refractivity contribution in [2.45, 2.75) is 13.8 Å². The van der Waals surface area contributed by atoms with E-state index in [1.807, 2.05) is 6.92 Å². The molecule has 5 nitrogen and oxygen atoms in total. The highest BCUT2D eigenvalue weighted by Crippen LogP contribution is 2.22. The standard InChI is InChI=1S/C9H10N4O/c1-6-5-8(11-7(2)14)3-4-9(6)12-13-10/h3-5H,1-2H3,(H,11,14). The lowest BCUT2D eigenvalue weighted by molar-refractivity contribution is -0.114. The van der Waals surface area contributed by atoms with E-state index in [0.29, 0.717) is 11.4 Å². The van der Waals surface area contributed by atoms with Crippen molar-refractivity contribution in [1.82, 2.24) is 0 Å². The molecule has 0 heterocycles. The summed E-state index contributed by atoms with van der Waals surface area (Å²) in [7, 11) is 0. The third-order valence-electron chi connectivity index (χ3n) is 1.67. The van der Waals surface area contributed by atoms with Crippen molar-refractivity contribution >= 4 is 17.3 Å². The van der Waals surface area contributed by atoms with Gasteiger partial charge in [-0.25, -0.2) is 0 Å². The van der Waals surface area contributed by atoms with Crippen molar-refractivity contribution in [1.29, 1.82) is 0 Å². The molecule has 0 unspecified atom stereocenters. The first kappa shape index (κ1) is 10.1. The molecule has 0 aromatic heterocycles. The molecule has 1 amide bonds. The average Bonchev–Trinajstić information content (AvgIpc) is 2.09. The number of hydrogen-bond acceptors (Lipinski definition) is 2. The number of benzene rings is 1. The monoisotopic (exact) mass is 190 g/mol. The first-order valence-corrected chi connectivity index (χ1v) is 4.07. The fourth-order valence-corrected chi connectivity index (χ4v) is 1.10. The molecule has 14 heavy (non-hydrogen) atoms. The van der Waals surface area contributed by atoms with Gasteiger partial charge in [-0.15, -0.1) is 0 Å². The van der Waals surface area contributed by atoms with Crippen LogP contribution in [0.15, 0.2) is 23.3 Å². The summed E-state index contributed by atoms with van der Waals surface area (Å²) >= 11 is 0. The third kappa shape index (κ3) is 2.50. The van der Waals surface area contributed by atoms with Gasteiger partial charge in [0.15, 0.2) is 0 Å². The van der Waals surface area contributed by atoms with Gasteiger partial charge in [0.2, 0.25) is 5.91 Å². The molecule has 1 N–H and O–H groups in total. The number of nitrogens with one attached hydrogen (secondary N) is 1. The highest BCUT2D eigenvalue weighted by Gasteiger charge is 1.99. The van der Waals surface area contributed by atoms with E-state index < -0.39 is 0 Å². The van der Waals surface area contributed by atoms with Crippen LogP contribution in [0.25, 0.3) is 10.4 Å². The van der Waals surface area contributed by atoms with Gasteiger partial charge in [-0.3, -0.25) is 4.79 Å². The van der Waals surface area contributed by atoms with E-state index in [-0.39, 0.29) is 5.91 Å². The Labute approximate surface area is 81.4 Å². The predicted molar refractivity (Wildman–Crippen MR) is 54.3 cm³/mol. The fraction of sp³-hybridized carbons (Fsp3) is 0.222. The molecule has 0 radical (unpaired) electrons. The molecule has 1 rings (SSSR count). The first-order chi connectivity index (χ1) is 6.63. The largest absolute Gasteiger partial charge is 0.326 e. The number of nitrogens with zero attached hydrogens (tertiary/aromatic N) is 3. The van der Waals surface area contributed by atoms with Crippen LogP contribution in [0.4, 0.5) is 11.4 Å². The summed E-state index contributed by atoms with van der Waals surface area (Å²) in [5.41, 5.74) is 10.3. The second-order valence-electron chi connectivity index (χ2n) is 2.87. The minimum Gasteiger partial charge on any atom is -0.326 e. The molecule has 1 aromatic carbocycles. The molecule has 0 aliphatic rings. The number of rotatable bonds is 2. The van der Waals surface area contributed by atoms with Crippen LogP contribution < -0.4 is 5.32 Å². The van der Waals surface area contributed by atoms with Crippen molar-refractivity contribution in [3.8, 4) is 0 Å². The molecule has 72 valence electrons. The maximum atomic E-state index is 10.7. The Morgan fingerprint density at radius 3 is 2.79 bits per heavy atom. The summed E-state index contributed by atoms with van der Waals surface area (Å²) in [6, 6.07) is 5.12. The number of carbonyl (C=O) groups is 1. The molecule has 0 bridgehead atoms. The van der Waals surface area contributed by atoms with Gasteiger partial charge in [-0.2, -0.15) is 0 Å². The van der Waals surface area contributed by atoms with E-state index in [4.69, 9.17) is 5.53 Å². The van der Waals surface area contributed by atoms with E-state index in [1.54, 1.807) is 18.2 Å². The summed E-state index contributed by atoms with van der Waals surface area (Å²) in [5, 5.41) is 6.14. The molecule has 0 saturated carbocycles. The normalized spacial score (nSPS) is 9.00. The quantitative estimate of drug-likeness (QED) is 0.434. The summed E-state index contributed by atoms with van der Waals surface area (Å²) in [5.74, 6) is -0.124. The summed E-state index contributed by atoms with van der Waals surface area (Å²) in [4.78, 5) is 13.4. The molecule has 0 saturated heterocycles. The lowest BCUT2D eigenvalue weighted by atomic mass is 10.2. The molecule has 0 aliphatic heterocycles. The number of hydrogen-bond donors (Lipinski definition) is 1. The van der Waals surface area contributed by atoms with Crippen molar-refractivity contribution in [2.24, 2.45) is 5.11 Å². The van der Waals surface area contributed by atoms with Gasteiger partial charge in [0.25, 0.3) is 0 Å². The van der Waals surface area contributed by atoms with Crippen LogP contribution in [0.2, 0.25) is 0 Å². The van der Waals surface area contributed by atoms with Crippen molar-refractivity contribution in [3.05, 3.63) is 34.2 Å². The molecule has 0 spiro atoms. The zero-order valence-corrected chi connectivity index (χ0v) is 7.98. The van der Waals surface area contributed by atoms with Gasteiger partial charge in [0.05, 0.1) is 0 Å². The minimum atomic E-state index is -0.124. The molecule has 1 aromatic rings. The van der Waals surface area contributed by atoms with Gasteiger partial charge in [-0.1, -0.05) is 11.2 Å². The lowest BCUT2D eigenvalue weighted by Crippen LogP contribution is -2.05. The number of amides is 1. The highest BCUT2D eigenvalue weighted by molar-refractivity contribution is 5.89. The van der Waals surface area contributed by atoms with E-state index in [0.717, 1.165) is 5.56 Å². The average molecular weight is 190 g/mol. The number of aryl methyl sites for hydroxylation is 1. The molecule has 0 atom stereocenters. The topological polar surface area (TPSA) is 77.9 Å². The van der Waals surface area contributed by atoms with E-state index in [9.17, 15) is 4.79 Å². The van der Waals surface area contributed by atoms with Crippen molar-refractivity contribution in [2.75, 3.05) is 5.32 Å². The van der Waals surface area contributed by atoms with Gasteiger partial charge in [0.1, 0.15) is 0 Å². The van der Waals surface area contributed by atoms with Gasteiger partial charge >= 0.3 is 0 Å². The van der Waals surface area contributed by atoms with Crippen molar-refractivity contribution < 1.29 is 4.79 Å². The van der Waals surface area contributed by atoms with Crippen LogP contribution >= 0.6 is 0 Å². The maximum absolute atomic E-state index is 10.7. The Morgan fingerprint density at radius 1 is 1.57 bits per heavy atom. The van der Waals surface area contributed by atoms with E-state index in [2.05, 4.69) is 15.3 Å². The minimum absolute atomic E-state index is 0.124. The fourth-order valence-electron chi connectivity index (χ4n) is 1.10. The van der Waals surface area contributed by atoms with Crippen LogP contribution in [-0.2, 0) is 4.79 Å². The smallest absolute Gasteiger partial charge is 0.221 e.